The van der Waals surface area contributed by atoms with Gasteiger partial charge in [-0.3, -0.25) is 4.79 Å². The van der Waals surface area contributed by atoms with Crippen molar-refractivity contribution in [2.24, 2.45) is 0 Å². The third kappa shape index (κ3) is 2.79. The van der Waals surface area contributed by atoms with Gasteiger partial charge in [0.25, 0.3) is 5.91 Å². The molecule has 0 saturated carbocycles. The Morgan fingerprint density at radius 2 is 2.28 bits per heavy atom. The first-order valence-electron chi connectivity index (χ1n) is 5.53. The summed E-state index contributed by atoms with van der Waals surface area (Å²) in [5.74, 6) is -1.75. The second-order valence-electron chi connectivity index (χ2n) is 4.02. The maximum absolute atomic E-state index is 13.5. The first-order chi connectivity index (χ1) is 8.61. The minimum atomic E-state index is -0.853. The Morgan fingerprint density at radius 3 is 2.94 bits per heavy atom. The fourth-order valence-corrected chi connectivity index (χ4v) is 2.02. The third-order valence-electron chi connectivity index (χ3n) is 2.76. The van der Waals surface area contributed by atoms with Crippen molar-refractivity contribution in [3.8, 4) is 0 Å². The number of halogens is 3. The predicted octanol–water partition coefficient (Wildman–Crippen LogP) is 2.04. The van der Waals surface area contributed by atoms with Crippen LogP contribution in [0.4, 0.5) is 8.78 Å². The molecule has 0 N–H and O–H groups in total. The summed E-state index contributed by atoms with van der Waals surface area (Å²) in [6.07, 6.45) is -0.243. The number of nitrogens with zero attached hydrogens (tertiary/aromatic N) is 1. The summed E-state index contributed by atoms with van der Waals surface area (Å²) in [4.78, 5) is 13.5. The zero-order valence-electron chi connectivity index (χ0n) is 9.54. The topological polar surface area (TPSA) is 29.5 Å². The highest BCUT2D eigenvalue weighted by atomic mass is 35.5. The lowest BCUT2D eigenvalue weighted by atomic mass is 10.1. The quantitative estimate of drug-likeness (QED) is 0.773. The van der Waals surface area contributed by atoms with Crippen molar-refractivity contribution in [3.63, 3.8) is 0 Å². The van der Waals surface area contributed by atoms with Gasteiger partial charge in [0.15, 0.2) is 0 Å². The number of hydrogen-bond acceptors (Lipinski definition) is 2. The van der Waals surface area contributed by atoms with Crippen LogP contribution in [-0.4, -0.2) is 42.5 Å². The minimum absolute atomic E-state index is 0.133. The fraction of sp³-hybridized carbons (Fsp3) is 0.417. The number of rotatable bonds is 2. The van der Waals surface area contributed by atoms with Crippen LogP contribution in [0.5, 0.6) is 0 Å². The molecular formula is C12H12ClF2NO2. The number of alkyl halides is 1. The van der Waals surface area contributed by atoms with Gasteiger partial charge in [-0.1, -0.05) is 0 Å². The largest absolute Gasteiger partial charge is 0.373 e. The molecule has 2 rings (SSSR count). The Balaban J connectivity index is 2.15. The van der Waals surface area contributed by atoms with E-state index in [9.17, 15) is 13.6 Å². The SMILES string of the molecule is O=C(c1ccc(F)cc1F)N1CCOC(CCl)C1. The van der Waals surface area contributed by atoms with Crippen molar-refractivity contribution < 1.29 is 18.3 Å². The molecule has 1 amide bonds. The van der Waals surface area contributed by atoms with Crippen molar-refractivity contribution >= 4 is 17.5 Å². The van der Waals surface area contributed by atoms with Crippen molar-refractivity contribution in [2.75, 3.05) is 25.6 Å². The van der Waals surface area contributed by atoms with Crippen molar-refractivity contribution in [1.29, 1.82) is 0 Å². The maximum Gasteiger partial charge on any atom is 0.257 e. The summed E-state index contributed by atoms with van der Waals surface area (Å²) in [5, 5.41) is 0. The van der Waals surface area contributed by atoms with Gasteiger partial charge in [-0.25, -0.2) is 8.78 Å². The molecular weight excluding hydrogens is 264 g/mol. The van der Waals surface area contributed by atoms with Gasteiger partial charge in [0.2, 0.25) is 0 Å². The predicted molar refractivity (Wildman–Crippen MR) is 62.7 cm³/mol. The van der Waals surface area contributed by atoms with Crippen LogP contribution in [0.1, 0.15) is 10.4 Å². The number of benzene rings is 1. The lowest BCUT2D eigenvalue weighted by Crippen LogP contribution is -2.46. The van der Waals surface area contributed by atoms with E-state index >= 15 is 0 Å². The third-order valence-corrected chi connectivity index (χ3v) is 3.10. The Bertz CT molecular complexity index is 456. The van der Waals surface area contributed by atoms with Gasteiger partial charge in [-0.15, -0.1) is 11.6 Å². The van der Waals surface area contributed by atoms with Crippen LogP contribution >= 0.6 is 11.6 Å². The Labute approximate surface area is 108 Å². The molecule has 1 atom stereocenters. The highest BCUT2D eigenvalue weighted by molar-refractivity contribution is 6.18. The maximum atomic E-state index is 13.5. The zero-order valence-corrected chi connectivity index (χ0v) is 10.3. The second-order valence-corrected chi connectivity index (χ2v) is 4.33. The summed E-state index contributed by atoms with van der Waals surface area (Å²) in [5.41, 5.74) is -0.133. The number of carbonyl (C=O) groups excluding carboxylic acids is 1. The van der Waals surface area contributed by atoms with Crippen LogP contribution in [0.25, 0.3) is 0 Å². The van der Waals surface area contributed by atoms with E-state index in [-0.39, 0.29) is 17.5 Å². The molecule has 0 aliphatic carbocycles. The smallest absolute Gasteiger partial charge is 0.257 e. The van der Waals surface area contributed by atoms with Gasteiger partial charge in [-0.05, 0) is 12.1 Å². The van der Waals surface area contributed by atoms with E-state index < -0.39 is 17.5 Å². The summed E-state index contributed by atoms with van der Waals surface area (Å²) >= 11 is 5.66. The molecule has 3 nitrogen and oxygen atoms in total. The molecule has 0 bridgehead atoms. The van der Waals surface area contributed by atoms with E-state index in [4.69, 9.17) is 16.3 Å². The number of ether oxygens (including phenoxy) is 1. The molecule has 1 aromatic rings. The molecule has 1 heterocycles. The van der Waals surface area contributed by atoms with Gasteiger partial charge in [0.1, 0.15) is 11.6 Å². The fourth-order valence-electron chi connectivity index (χ4n) is 1.83. The molecule has 6 heteroatoms. The molecule has 98 valence electrons. The average molecular weight is 276 g/mol. The zero-order chi connectivity index (χ0) is 13.1. The van der Waals surface area contributed by atoms with E-state index in [2.05, 4.69) is 0 Å². The van der Waals surface area contributed by atoms with Gasteiger partial charge in [0.05, 0.1) is 24.2 Å². The van der Waals surface area contributed by atoms with Gasteiger partial charge >= 0.3 is 0 Å². The first-order valence-corrected chi connectivity index (χ1v) is 6.07. The molecule has 18 heavy (non-hydrogen) atoms. The highest BCUT2D eigenvalue weighted by Gasteiger charge is 2.26. The summed E-state index contributed by atoms with van der Waals surface area (Å²) in [7, 11) is 0. The molecule has 1 unspecified atom stereocenters. The van der Waals surface area contributed by atoms with Crippen molar-refractivity contribution in [1.82, 2.24) is 4.90 Å². The molecule has 0 aromatic heterocycles. The van der Waals surface area contributed by atoms with E-state index in [1.807, 2.05) is 0 Å². The highest BCUT2D eigenvalue weighted by Crippen LogP contribution is 2.15. The Morgan fingerprint density at radius 1 is 1.50 bits per heavy atom. The standard InChI is InChI=1S/C12H12ClF2NO2/c13-6-9-7-16(3-4-18-9)12(17)10-2-1-8(14)5-11(10)15/h1-2,5,9H,3-4,6-7H2. The Hall–Kier alpha value is -1.20. The van der Waals surface area contributed by atoms with Crippen LogP contribution in [0.3, 0.4) is 0 Å². The van der Waals surface area contributed by atoms with Gasteiger partial charge < -0.3 is 9.64 Å². The van der Waals surface area contributed by atoms with Crippen LogP contribution in [0, 0.1) is 11.6 Å². The van der Waals surface area contributed by atoms with E-state index in [0.29, 0.717) is 25.8 Å². The van der Waals surface area contributed by atoms with E-state index in [0.717, 1.165) is 12.1 Å². The molecule has 1 fully saturated rings. The van der Waals surface area contributed by atoms with Crippen LogP contribution < -0.4 is 0 Å². The first kappa shape index (κ1) is 13.2. The molecule has 0 spiro atoms. The van der Waals surface area contributed by atoms with Crippen molar-refractivity contribution in [3.05, 3.63) is 35.4 Å². The molecule has 1 aromatic carbocycles. The van der Waals surface area contributed by atoms with Gasteiger partial charge in [0, 0.05) is 19.2 Å². The van der Waals surface area contributed by atoms with Crippen LogP contribution in [0.2, 0.25) is 0 Å². The van der Waals surface area contributed by atoms with Crippen LogP contribution in [-0.2, 0) is 4.74 Å². The van der Waals surface area contributed by atoms with Gasteiger partial charge in [-0.2, -0.15) is 0 Å². The number of amides is 1. The molecule has 1 aliphatic heterocycles. The average Bonchev–Trinajstić information content (AvgIpc) is 2.38. The number of carbonyl (C=O) groups is 1. The molecule has 0 radical (unpaired) electrons. The minimum Gasteiger partial charge on any atom is -0.373 e. The van der Waals surface area contributed by atoms with Crippen LogP contribution in [0.15, 0.2) is 18.2 Å². The Kier molecular flexibility index (Phi) is 4.14. The summed E-state index contributed by atoms with van der Waals surface area (Å²) in [6, 6.07) is 2.92. The monoisotopic (exact) mass is 275 g/mol. The van der Waals surface area contributed by atoms with Crippen molar-refractivity contribution in [2.45, 2.75) is 6.10 Å². The molecule has 1 saturated heterocycles. The normalized spacial score (nSPS) is 19.9. The lowest BCUT2D eigenvalue weighted by molar-refractivity contribution is -0.0109. The lowest BCUT2D eigenvalue weighted by Gasteiger charge is -2.32. The van der Waals surface area contributed by atoms with E-state index in [1.54, 1.807) is 0 Å². The second kappa shape index (κ2) is 5.63. The number of morpholine rings is 1. The summed E-state index contributed by atoms with van der Waals surface area (Å²) in [6.45, 7) is 1.06. The summed E-state index contributed by atoms with van der Waals surface area (Å²) < 4.78 is 31.6. The molecule has 1 aliphatic rings. The number of hydrogen-bond donors (Lipinski definition) is 0. The van der Waals surface area contributed by atoms with E-state index in [1.165, 1.54) is 4.90 Å².